The average Bonchev–Trinajstić information content (AvgIpc) is 2.94. The zero-order valence-electron chi connectivity index (χ0n) is 24.0. The first-order valence-corrected chi connectivity index (χ1v) is 13.7. The number of halogens is 2. The maximum absolute atomic E-state index is 14.0. The van der Waals surface area contributed by atoms with Crippen molar-refractivity contribution < 1.29 is 19.0 Å². The largest absolute Gasteiger partial charge is 0.496 e. The van der Waals surface area contributed by atoms with Crippen molar-refractivity contribution in [3.05, 3.63) is 123 Å². The Morgan fingerprint density at radius 2 is 1.44 bits per heavy atom. The second kappa shape index (κ2) is 14.6. The molecule has 0 heterocycles. The number of nitrogens with one attached hydrogen (secondary N) is 1. The number of ketones is 1. The van der Waals surface area contributed by atoms with E-state index in [4.69, 9.17) is 37.4 Å². The predicted molar refractivity (Wildman–Crippen MR) is 170 cm³/mol. The fourth-order valence-corrected chi connectivity index (χ4v) is 4.93. The zero-order valence-corrected chi connectivity index (χ0v) is 25.5. The number of allylic oxidation sites excluding steroid dienone is 3. The average molecular weight is 593 g/mol. The molecule has 0 aliphatic rings. The Kier molecular flexibility index (Phi) is 11.3. The molecule has 3 aromatic rings. The SMILES string of the molecule is C=C(C)NC(c1ccc(Cl)cc1Cl)C(C(=C)/C=C/c1ccc(OC)c(OC)c1)C(=O)/C=C/c1ccc(C)c(OC)c1. The maximum atomic E-state index is 14.0. The number of hydrogen-bond acceptors (Lipinski definition) is 5. The topological polar surface area (TPSA) is 56.8 Å². The van der Waals surface area contributed by atoms with Gasteiger partial charge in [0.2, 0.25) is 0 Å². The highest BCUT2D eigenvalue weighted by atomic mass is 35.5. The highest BCUT2D eigenvalue weighted by Gasteiger charge is 2.31. The van der Waals surface area contributed by atoms with Crippen LogP contribution in [0.3, 0.4) is 0 Å². The number of carbonyl (C=O) groups excluding carboxylic acids is 1. The van der Waals surface area contributed by atoms with Crippen LogP contribution in [0.15, 0.2) is 91.2 Å². The highest BCUT2D eigenvalue weighted by molar-refractivity contribution is 6.35. The summed E-state index contributed by atoms with van der Waals surface area (Å²) < 4.78 is 16.2. The van der Waals surface area contributed by atoms with E-state index in [1.165, 1.54) is 0 Å². The van der Waals surface area contributed by atoms with Gasteiger partial charge in [0.1, 0.15) is 5.75 Å². The minimum absolute atomic E-state index is 0.170. The van der Waals surface area contributed by atoms with Crippen LogP contribution < -0.4 is 19.5 Å². The van der Waals surface area contributed by atoms with Crippen LogP contribution >= 0.6 is 23.2 Å². The molecule has 0 aromatic heterocycles. The fourth-order valence-electron chi connectivity index (χ4n) is 4.41. The Balaban J connectivity index is 2.06. The molecule has 0 saturated carbocycles. The lowest BCUT2D eigenvalue weighted by molar-refractivity contribution is -0.117. The number of carbonyl (C=O) groups is 1. The summed E-state index contributed by atoms with van der Waals surface area (Å²) in [6.07, 6.45) is 7.02. The molecule has 0 bridgehead atoms. The van der Waals surface area contributed by atoms with Gasteiger partial charge in [-0.15, -0.1) is 0 Å². The fraction of sp³-hybridized carbons (Fsp3) is 0.206. The molecule has 41 heavy (non-hydrogen) atoms. The van der Waals surface area contributed by atoms with Crippen molar-refractivity contribution in [3.63, 3.8) is 0 Å². The van der Waals surface area contributed by atoms with Crippen LogP contribution in [0.1, 0.15) is 35.2 Å². The van der Waals surface area contributed by atoms with Gasteiger partial charge in [-0.1, -0.05) is 78.9 Å². The van der Waals surface area contributed by atoms with Crippen molar-refractivity contribution in [2.24, 2.45) is 5.92 Å². The molecule has 3 rings (SSSR count). The van der Waals surface area contributed by atoms with E-state index >= 15 is 0 Å². The lowest BCUT2D eigenvalue weighted by atomic mass is 9.83. The quantitative estimate of drug-likeness (QED) is 0.159. The van der Waals surface area contributed by atoms with Crippen LogP contribution in [-0.2, 0) is 4.79 Å². The van der Waals surface area contributed by atoms with Gasteiger partial charge < -0.3 is 19.5 Å². The van der Waals surface area contributed by atoms with Crippen molar-refractivity contribution in [2.75, 3.05) is 21.3 Å². The Labute approximate surface area is 252 Å². The van der Waals surface area contributed by atoms with Gasteiger partial charge in [0.05, 0.1) is 33.3 Å². The Bertz CT molecular complexity index is 1490. The minimum atomic E-state index is -0.731. The maximum Gasteiger partial charge on any atom is 0.165 e. The number of hydrogen-bond donors (Lipinski definition) is 1. The van der Waals surface area contributed by atoms with Gasteiger partial charge in [-0.3, -0.25) is 4.79 Å². The van der Waals surface area contributed by atoms with Crippen LogP contribution in [0.4, 0.5) is 0 Å². The third kappa shape index (κ3) is 8.29. The number of methoxy groups -OCH3 is 3. The van der Waals surface area contributed by atoms with E-state index in [1.807, 2.05) is 68.5 Å². The lowest BCUT2D eigenvalue weighted by Gasteiger charge is -2.29. The molecular formula is C34H35Cl2NO4. The number of ether oxygens (including phenoxy) is 3. The van der Waals surface area contributed by atoms with Gasteiger partial charge in [-0.05, 0) is 78.1 Å². The van der Waals surface area contributed by atoms with Gasteiger partial charge >= 0.3 is 0 Å². The van der Waals surface area contributed by atoms with Gasteiger partial charge in [0.25, 0.3) is 0 Å². The summed E-state index contributed by atoms with van der Waals surface area (Å²) in [5.74, 6) is 1.06. The van der Waals surface area contributed by atoms with Gasteiger partial charge in [-0.2, -0.15) is 0 Å². The molecule has 0 saturated heterocycles. The van der Waals surface area contributed by atoms with Crippen molar-refractivity contribution in [2.45, 2.75) is 19.9 Å². The zero-order chi connectivity index (χ0) is 30.1. The summed E-state index contributed by atoms with van der Waals surface area (Å²) in [7, 11) is 4.79. The van der Waals surface area contributed by atoms with Crippen LogP contribution in [0.5, 0.6) is 17.2 Å². The van der Waals surface area contributed by atoms with E-state index in [0.717, 1.165) is 22.4 Å². The van der Waals surface area contributed by atoms with Crippen LogP contribution in [0.2, 0.25) is 10.0 Å². The molecule has 0 fully saturated rings. The molecule has 0 spiro atoms. The lowest BCUT2D eigenvalue weighted by Crippen LogP contribution is -2.32. The second-order valence-corrected chi connectivity index (χ2v) is 10.4. The normalized spacial score (nSPS) is 12.7. The summed E-state index contributed by atoms with van der Waals surface area (Å²) in [5, 5.41) is 4.27. The molecule has 0 radical (unpaired) electrons. The highest BCUT2D eigenvalue weighted by Crippen LogP contribution is 2.36. The molecule has 5 nitrogen and oxygen atoms in total. The molecule has 214 valence electrons. The van der Waals surface area contributed by atoms with E-state index in [1.54, 1.807) is 45.6 Å². The number of aryl methyl sites for hydroxylation is 1. The first kappa shape index (κ1) is 31.6. The van der Waals surface area contributed by atoms with Crippen molar-refractivity contribution >= 4 is 41.1 Å². The van der Waals surface area contributed by atoms with Gasteiger partial charge in [0, 0.05) is 15.7 Å². The third-order valence-electron chi connectivity index (χ3n) is 6.51. The monoisotopic (exact) mass is 591 g/mol. The second-order valence-electron chi connectivity index (χ2n) is 9.53. The summed E-state index contributed by atoms with van der Waals surface area (Å²) >= 11 is 12.8. The summed E-state index contributed by atoms with van der Waals surface area (Å²) in [5.41, 5.74) is 4.63. The number of benzene rings is 3. The molecule has 2 atom stereocenters. The molecule has 1 N–H and O–H groups in total. The molecule has 0 aliphatic carbocycles. The molecule has 0 aliphatic heterocycles. The van der Waals surface area contributed by atoms with Crippen molar-refractivity contribution in [1.29, 1.82) is 0 Å². The predicted octanol–water partition coefficient (Wildman–Crippen LogP) is 8.66. The van der Waals surface area contributed by atoms with Gasteiger partial charge in [0.15, 0.2) is 17.3 Å². The van der Waals surface area contributed by atoms with Crippen LogP contribution in [0, 0.1) is 12.8 Å². The van der Waals surface area contributed by atoms with E-state index in [0.29, 0.717) is 38.4 Å². The van der Waals surface area contributed by atoms with Crippen molar-refractivity contribution in [1.82, 2.24) is 5.32 Å². The van der Waals surface area contributed by atoms with E-state index in [-0.39, 0.29) is 5.78 Å². The van der Waals surface area contributed by atoms with Crippen molar-refractivity contribution in [3.8, 4) is 17.2 Å². The Morgan fingerprint density at radius 1 is 0.829 bits per heavy atom. The van der Waals surface area contributed by atoms with E-state index in [9.17, 15) is 4.79 Å². The standard InChI is InChI=1S/C34H35Cl2NO4/c1-21(2)37-34(27-15-14-26(35)20-28(27)36)33(29(38)16-12-24-10-8-22(3)31(18-24)40-6)23(4)9-11-25-13-17-30(39-5)32(19-25)41-7/h8-20,33-34,37H,1,4H2,2-3,5-7H3/b11-9+,16-12+. The first-order valence-electron chi connectivity index (χ1n) is 12.9. The van der Waals surface area contributed by atoms with Crippen LogP contribution in [-0.4, -0.2) is 27.1 Å². The minimum Gasteiger partial charge on any atom is -0.496 e. The molecular weight excluding hydrogens is 557 g/mol. The summed E-state index contributed by atoms with van der Waals surface area (Å²) in [6.45, 7) is 12.1. The first-order chi connectivity index (χ1) is 19.6. The van der Waals surface area contributed by atoms with Gasteiger partial charge in [-0.25, -0.2) is 0 Å². The molecule has 3 aromatic carbocycles. The van der Waals surface area contributed by atoms with Crippen LogP contribution in [0.25, 0.3) is 12.2 Å². The van der Waals surface area contributed by atoms with E-state index in [2.05, 4.69) is 18.5 Å². The third-order valence-corrected chi connectivity index (χ3v) is 7.07. The molecule has 7 heteroatoms. The smallest absolute Gasteiger partial charge is 0.165 e. The number of rotatable bonds is 13. The Hall–Kier alpha value is -3.93. The molecule has 0 amide bonds. The van der Waals surface area contributed by atoms with E-state index < -0.39 is 12.0 Å². The summed E-state index contributed by atoms with van der Waals surface area (Å²) in [4.78, 5) is 14.0. The molecule has 2 unspecified atom stereocenters. The Morgan fingerprint density at radius 3 is 2.05 bits per heavy atom. The summed E-state index contributed by atoms with van der Waals surface area (Å²) in [6, 6.07) is 16.0.